The van der Waals surface area contributed by atoms with Gasteiger partial charge < -0.3 is 10.2 Å². The molecule has 1 fully saturated rings. The Morgan fingerprint density at radius 1 is 0.867 bits per heavy atom. The summed E-state index contributed by atoms with van der Waals surface area (Å²) in [5.41, 5.74) is 6.11. The minimum Gasteiger partial charge on any atom is -0.481 e. The zero-order valence-corrected chi connectivity index (χ0v) is 17.7. The Labute approximate surface area is 178 Å². The lowest BCUT2D eigenvalue weighted by atomic mass is 9.95. The highest BCUT2D eigenvalue weighted by molar-refractivity contribution is 5.79. The fourth-order valence-electron chi connectivity index (χ4n) is 4.43. The third-order valence-electron chi connectivity index (χ3n) is 6.13. The quantitative estimate of drug-likeness (QED) is 0.669. The first-order chi connectivity index (χ1) is 14.3. The van der Waals surface area contributed by atoms with Crippen molar-refractivity contribution in [1.29, 1.82) is 0 Å². The van der Waals surface area contributed by atoms with Crippen molar-refractivity contribution in [1.82, 2.24) is 0 Å². The highest BCUT2D eigenvalue weighted by Gasteiger charge is 2.30. The zero-order valence-electron chi connectivity index (χ0n) is 17.7. The van der Waals surface area contributed by atoms with Crippen molar-refractivity contribution < 1.29 is 19.8 Å². The first-order valence-electron chi connectivity index (χ1n) is 10.6. The first-order valence-corrected chi connectivity index (χ1v) is 10.6. The highest BCUT2D eigenvalue weighted by Crippen LogP contribution is 2.38. The summed E-state index contributed by atoms with van der Waals surface area (Å²) >= 11 is 0. The van der Waals surface area contributed by atoms with E-state index in [4.69, 9.17) is 10.2 Å². The third-order valence-corrected chi connectivity index (χ3v) is 6.13. The van der Waals surface area contributed by atoms with Crippen molar-refractivity contribution in [2.75, 3.05) is 0 Å². The zero-order chi connectivity index (χ0) is 21.7. The summed E-state index contributed by atoms with van der Waals surface area (Å²) in [6.07, 6.45) is 6.14. The van der Waals surface area contributed by atoms with E-state index in [2.05, 4.69) is 37.3 Å². The Morgan fingerprint density at radius 3 is 2.13 bits per heavy atom. The van der Waals surface area contributed by atoms with Crippen LogP contribution in [0.5, 0.6) is 0 Å². The summed E-state index contributed by atoms with van der Waals surface area (Å²) in [6, 6.07) is 16.6. The maximum atomic E-state index is 10.8. The molecule has 2 aromatic carbocycles. The molecule has 2 aliphatic rings. The van der Waals surface area contributed by atoms with Crippen LogP contribution in [0.4, 0.5) is 0 Å². The van der Waals surface area contributed by atoms with E-state index in [1.165, 1.54) is 27.8 Å². The van der Waals surface area contributed by atoms with E-state index in [0.29, 0.717) is 5.92 Å². The number of hydrogen-bond acceptors (Lipinski definition) is 2. The molecule has 2 aromatic rings. The minimum atomic E-state index is -0.711. The van der Waals surface area contributed by atoms with Gasteiger partial charge in [-0.3, -0.25) is 9.59 Å². The lowest BCUT2D eigenvalue weighted by Crippen LogP contribution is -2.09. The Hall–Kier alpha value is -2.88. The standard InChI is InChI=1S/C13H16O2.C13H14O2/c2*1-9-3-2-4-10(7-9)11-5-6-12(8-11)13(14)15/h2-4,7,11-12H,5-6,8H2,1H3,(H,14,15);2-4,7-8,12H,5-6H2,1H3,(H,14,15)/t11-,12+;12-/m01/s1. The third kappa shape index (κ3) is 5.59. The molecule has 0 saturated heterocycles. The Bertz CT molecular complexity index is 944. The van der Waals surface area contributed by atoms with Crippen molar-refractivity contribution in [3.63, 3.8) is 0 Å². The minimum absolute atomic E-state index is 0.129. The molecular formula is C26H30O4. The summed E-state index contributed by atoms with van der Waals surface area (Å²) in [6.45, 7) is 4.13. The van der Waals surface area contributed by atoms with Crippen LogP contribution in [0.2, 0.25) is 0 Å². The van der Waals surface area contributed by atoms with Gasteiger partial charge in [-0.05, 0) is 68.6 Å². The normalized spacial score (nSPS) is 22.7. The topological polar surface area (TPSA) is 74.6 Å². The van der Waals surface area contributed by atoms with Gasteiger partial charge in [0.2, 0.25) is 0 Å². The van der Waals surface area contributed by atoms with Crippen LogP contribution in [0.3, 0.4) is 0 Å². The summed E-state index contributed by atoms with van der Waals surface area (Å²) in [4.78, 5) is 21.6. The predicted octanol–water partition coefficient (Wildman–Crippen LogP) is 5.84. The molecular weight excluding hydrogens is 376 g/mol. The van der Waals surface area contributed by atoms with Gasteiger partial charge in [0.1, 0.15) is 0 Å². The van der Waals surface area contributed by atoms with Gasteiger partial charge in [-0.15, -0.1) is 0 Å². The first kappa shape index (κ1) is 21.8. The second-order valence-corrected chi connectivity index (χ2v) is 8.50. The molecule has 0 aromatic heterocycles. The Morgan fingerprint density at radius 2 is 1.57 bits per heavy atom. The van der Waals surface area contributed by atoms with Crippen LogP contribution < -0.4 is 0 Å². The van der Waals surface area contributed by atoms with Crippen molar-refractivity contribution in [3.05, 3.63) is 76.9 Å². The van der Waals surface area contributed by atoms with E-state index in [9.17, 15) is 9.59 Å². The lowest BCUT2D eigenvalue weighted by Gasteiger charge is -2.10. The summed E-state index contributed by atoms with van der Waals surface area (Å²) in [5, 5.41) is 17.8. The fraction of sp³-hybridized carbons (Fsp3) is 0.385. The van der Waals surface area contributed by atoms with E-state index >= 15 is 0 Å². The molecule has 4 heteroatoms. The number of carboxylic acids is 2. The fourth-order valence-corrected chi connectivity index (χ4v) is 4.43. The van der Waals surface area contributed by atoms with Crippen LogP contribution in [-0.4, -0.2) is 22.2 Å². The van der Waals surface area contributed by atoms with Crippen LogP contribution in [0.15, 0.2) is 54.6 Å². The molecule has 30 heavy (non-hydrogen) atoms. The van der Waals surface area contributed by atoms with Crippen LogP contribution in [0.1, 0.15) is 60.3 Å². The van der Waals surface area contributed by atoms with Gasteiger partial charge in [-0.25, -0.2) is 0 Å². The van der Waals surface area contributed by atoms with Crippen LogP contribution in [0.25, 0.3) is 5.57 Å². The SMILES string of the molecule is Cc1cccc(C2=C[C@H](C(=O)O)CC2)c1.Cc1cccc([C@H]2CC[C@@H](C(=O)O)C2)c1. The number of carboxylic acid groups (broad SMARTS) is 2. The molecule has 0 bridgehead atoms. The molecule has 4 rings (SSSR count). The van der Waals surface area contributed by atoms with E-state index < -0.39 is 11.9 Å². The number of rotatable bonds is 4. The average molecular weight is 407 g/mol. The van der Waals surface area contributed by atoms with E-state index in [-0.39, 0.29) is 11.8 Å². The van der Waals surface area contributed by atoms with E-state index in [1.54, 1.807) is 0 Å². The number of aryl methyl sites for hydroxylation is 2. The van der Waals surface area contributed by atoms with Crippen molar-refractivity contribution >= 4 is 17.5 Å². The monoisotopic (exact) mass is 406 g/mol. The van der Waals surface area contributed by atoms with Gasteiger partial charge in [0.05, 0.1) is 11.8 Å². The molecule has 3 atom stereocenters. The van der Waals surface area contributed by atoms with E-state index in [0.717, 1.165) is 32.1 Å². The van der Waals surface area contributed by atoms with Gasteiger partial charge in [0.25, 0.3) is 0 Å². The van der Waals surface area contributed by atoms with Crippen LogP contribution >= 0.6 is 0 Å². The number of allylic oxidation sites excluding steroid dienone is 1. The summed E-state index contributed by atoms with van der Waals surface area (Å²) in [7, 11) is 0. The van der Waals surface area contributed by atoms with Crippen molar-refractivity contribution in [2.24, 2.45) is 11.8 Å². The molecule has 158 valence electrons. The van der Waals surface area contributed by atoms with Crippen molar-refractivity contribution in [2.45, 2.75) is 51.9 Å². The molecule has 0 unspecified atom stereocenters. The Kier molecular flexibility index (Phi) is 7.09. The maximum Gasteiger partial charge on any atom is 0.310 e. The number of benzene rings is 2. The van der Waals surface area contributed by atoms with Gasteiger partial charge >= 0.3 is 11.9 Å². The molecule has 2 aliphatic carbocycles. The maximum absolute atomic E-state index is 10.8. The predicted molar refractivity (Wildman–Crippen MR) is 118 cm³/mol. The Balaban J connectivity index is 0.000000171. The molecule has 0 spiro atoms. The highest BCUT2D eigenvalue weighted by atomic mass is 16.4. The molecule has 0 amide bonds. The lowest BCUT2D eigenvalue weighted by molar-refractivity contribution is -0.142. The molecule has 2 N–H and O–H groups in total. The molecule has 4 nitrogen and oxygen atoms in total. The largest absolute Gasteiger partial charge is 0.481 e. The number of hydrogen-bond donors (Lipinski definition) is 2. The second kappa shape index (κ2) is 9.75. The number of aliphatic carboxylic acids is 2. The summed E-state index contributed by atoms with van der Waals surface area (Å²) in [5.74, 6) is -1.31. The van der Waals surface area contributed by atoms with Gasteiger partial charge in [0.15, 0.2) is 0 Å². The van der Waals surface area contributed by atoms with E-state index in [1.807, 2.05) is 31.2 Å². The van der Waals surface area contributed by atoms with Crippen LogP contribution in [-0.2, 0) is 9.59 Å². The van der Waals surface area contributed by atoms with Crippen molar-refractivity contribution in [3.8, 4) is 0 Å². The van der Waals surface area contributed by atoms with Gasteiger partial charge in [0, 0.05) is 0 Å². The van der Waals surface area contributed by atoms with Crippen LogP contribution in [0, 0.1) is 25.7 Å². The molecule has 0 aliphatic heterocycles. The average Bonchev–Trinajstić information content (AvgIpc) is 3.39. The van der Waals surface area contributed by atoms with Gasteiger partial charge in [-0.1, -0.05) is 65.7 Å². The smallest absolute Gasteiger partial charge is 0.310 e. The molecule has 0 radical (unpaired) electrons. The summed E-state index contributed by atoms with van der Waals surface area (Å²) < 4.78 is 0. The molecule has 1 saturated carbocycles. The van der Waals surface area contributed by atoms with Gasteiger partial charge in [-0.2, -0.15) is 0 Å². The number of carbonyl (C=O) groups is 2. The second-order valence-electron chi connectivity index (χ2n) is 8.50. The molecule has 0 heterocycles.